The molecule has 8 nitrogen and oxygen atoms in total. The van der Waals surface area contributed by atoms with Gasteiger partial charge in [-0.3, -0.25) is 19.2 Å². The standard InChI is InChI=1S/C43H68N2O6/c1-32-36(38(46)34(3)42(50-5)40(32)48)24-19-15-11-7-9-13-17-21-26-44-28-23-29-45(31-30-44)27-22-18-14-10-8-12-16-20-25-37-33(2)41(49)43(51-6)35(4)39(37)47/h7-31H2,1-6H3. The summed E-state index contributed by atoms with van der Waals surface area (Å²) >= 11 is 0. The van der Waals surface area contributed by atoms with Crippen LogP contribution in [0, 0.1) is 0 Å². The third-order valence-electron chi connectivity index (χ3n) is 11.3. The van der Waals surface area contributed by atoms with E-state index < -0.39 is 0 Å². The van der Waals surface area contributed by atoms with Gasteiger partial charge in [0, 0.05) is 46.5 Å². The van der Waals surface area contributed by atoms with Crippen molar-refractivity contribution < 1.29 is 28.7 Å². The Morgan fingerprint density at radius 1 is 0.412 bits per heavy atom. The van der Waals surface area contributed by atoms with Crippen molar-refractivity contribution in [1.82, 2.24) is 9.80 Å². The second-order valence-electron chi connectivity index (χ2n) is 15.0. The lowest BCUT2D eigenvalue weighted by molar-refractivity contribution is -0.118. The highest BCUT2D eigenvalue weighted by Gasteiger charge is 2.31. The van der Waals surface area contributed by atoms with E-state index in [0.717, 1.165) is 25.7 Å². The van der Waals surface area contributed by atoms with Crippen molar-refractivity contribution >= 4 is 23.1 Å². The van der Waals surface area contributed by atoms with Crippen LogP contribution in [0.2, 0.25) is 0 Å². The van der Waals surface area contributed by atoms with Crippen molar-refractivity contribution in [2.24, 2.45) is 0 Å². The number of ether oxygens (including phenoxy) is 2. The van der Waals surface area contributed by atoms with Gasteiger partial charge in [-0.05, 0) is 98.8 Å². The Labute approximate surface area is 309 Å². The molecule has 1 fully saturated rings. The van der Waals surface area contributed by atoms with E-state index in [1.165, 1.54) is 137 Å². The van der Waals surface area contributed by atoms with Gasteiger partial charge in [-0.1, -0.05) is 77.0 Å². The van der Waals surface area contributed by atoms with Crippen LogP contribution in [0.25, 0.3) is 0 Å². The van der Waals surface area contributed by atoms with E-state index in [4.69, 9.17) is 9.47 Å². The number of ketones is 4. The molecule has 0 aromatic heterocycles. The molecule has 8 heteroatoms. The van der Waals surface area contributed by atoms with Crippen molar-refractivity contribution in [3.8, 4) is 0 Å². The predicted molar refractivity (Wildman–Crippen MR) is 205 cm³/mol. The number of Topliss-reactive ketones (excluding diaryl/α,β-unsaturated/α-hetero) is 4. The van der Waals surface area contributed by atoms with Gasteiger partial charge in [0.2, 0.25) is 11.6 Å². The first kappa shape index (κ1) is 42.6. The average molecular weight is 709 g/mol. The molecule has 51 heavy (non-hydrogen) atoms. The first-order chi connectivity index (χ1) is 24.6. The summed E-state index contributed by atoms with van der Waals surface area (Å²) in [5.41, 5.74) is 3.37. The third-order valence-corrected chi connectivity index (χ3v) is 11.3. The molecule has 0 aromatic rings. The molecule has 1 aliphatic heterocycles. The van der Waals surface area contributed by atoms with Gasteiger partial charge in [0.1, 0.15) is 0 Å². The van der Waals surface area contributed by atoms with Gasteiger partial charge >= 0.3 is 0 Å². The van der Waals surface area contributed by atoms with Crippen molar-refractivity contribution in [3.63, 3.8) is 0 Å². The molecule has 0 unspecified atom stereocenters. The quantitative estimate of drug-likeness (QED) is 0.0726. The summed E-state index contributed by atoms with van der Waals surface area (Å²) < 4.78 is 10.3. The van der Waals surface area contributed by atoms with Gasteiger partial charge in [-0.2, -0.15) is 0 Å². The molecular weight excluding hydrogens is 640 g/mol. The molecule has 0 aromatic carbocycles. The van der Waals surface area contributed by atoms with E-state index in [1.807, 2.05) is 0 Å². The maximum Gasteiger partial charge on any atom is 0.224 e. The molecule has 0 spiro atoms. The summed E-state index contributed by atoms with van der Waals surface area (Å²) in [4.78, 5) is 55.6. The highest BCUT2D eigenvalue weighted by atomic mass is 16.5. The molecule has 0 atom stereocenters. The van der Waals surface area contributed by atoms with Crippen LogP contribution in [-0.4, -0.2) is 86.4 Å². The predicted octanol–water partition coefficient (Wildman–Crippen LogP) is 8.79. The van der Waals surface area contributed by atoms with Crippen molar-refractivity contribution in [3.05, 3.63) is 45.0 Å². The Balaban J connectivity index is 1.12. The second-order valence-corrected chi connectivity index (χ2v) is 15.0. The van der Waals surface area contributed by atoms with Gasteiger partial charge in [0.25, 0.3) is 0 Å². The van der Waals surface area contributed by atoms with Gasteiger partial charge in [-0.25, -0.2) is 0 Å². The number of hydrogen-bond donors (Lipinski definition) is 0. The van der Waals surface area contributed by atoms with E-state index in [-0.39, 0.29) is 34.7 Å². The van der Waals surface area contributed by atoms with E-state index in [2.05, 4.69) is 9.80 Å². The maximum absolute atomic E-state index is 12.7. The Morgan fingerprint density at radius 3 is 1.06 bits per heavy atom. The van der Waals surface area contributed by atoms with Crippen molar-refractivity contribution in [2.75, 3.05) is 53.5 Å². The first-order valence-corrected chi connectivity index (χ1v) is 20.1. The van der Waals surface area contributed by atoms with Crippen LogP contribution in [0.5, 0.6) is 0 Å². The van der Waals surface area contributed by atoms with Crippen molar-refractivity contribution in [2.45, 2.75) is 150 Å². The summed E-state index contributed by atoms with van der Waals surface area (Å²) in [6.07, 6.45) is 22.0. The molecule has 2 aliphatic carbocycles. The third kappa shape index (κ3) is 13.0. The Hall–Kier alpha value is -2.84. The van der Waals surface area contributed by atoms with Gasteiger partial charge in [-0.15, -0.1) is 0 Å². The SMILES string of the molecule is COC1=C(C)C(=O)C(CCCCCCCCCCN2CCCN(CCCCCCCCCCC3=C(C)C(=O)C(OC)=C(C)C3=O)CC2)=C(C)C1=O. The monoisotopic (exact) mass is 709 g/mol. The molecule has 0 radical (unpaired) electrons. The zero-order valence-electron chi connectivity index (χ0n) is 33.0. The molecule has 1 heterocycles. The van der Waals surface area contributed by atoms with Crippen molar-refractivity contribution in [1.29, 1.82) is 0 Å². The summed E-state index contributed by atoms with van der Waals surface area (Å²) in [5.74, 6) is 0.0823. The van der Waals surface area contributed by atoms with Gasteiger partial charge in [0.05, 0.1) is 14.2 Å². The zero-order chi connectivity index (χ0) is 37.2. The molecule has 3 rings (SSSR count). The minimum Gasteiger partial charge on any atom is -0.492 e. The fourth-order valence-corrected chi connectivity index (χ4v) is 7.92. The van der Waals surface area contributed by atoms with Crippen LogP contribution in [0.1, 0.15) is 150 Å². The average Bonchev–Trinajstić information content (AvgIpc) is 3.36. The normalized spacial score (nSPS) is 18.5. The molecule has 3 aliphatic rings. The number of allylic oxidation sites excluding steroid dienone is 6. The second kappa shape index (κ2) is 23.0. The molecule has 1 saturated heterocycles. The van der Waals surface area contributed by atoms with Crippen LogP contribution < -0.4 is 0 Å². The summed E-state index contributed by atoms with van der Waals surface area (Å²) in [5, 5.41) is 0. The molecule has 0 bridgehead atoms. The van der Waals surface area contributed by atoms with Crippen LogP contribution in [0.3, 0.4) is 0 Å². The molecule has 0 saturated carbocycles. The fraction of sp³-hybridized carbons (Fsp3) is 0.721. The first-order valence-electron chi connectivity index (χ1n) is 20.1. The smallest absolute Gasteiger partial charge is 0.224 e. The summed E-state index contributed by atoms with van der Waals surface area (Å²) in [6.45, 7) is 14.2. The van der Waals surface area contributed by atoms with Gasteiger partial charge in [0.15, 0.2) is 23.1 Å². The van der Waals surface area contributed by atoms with Crippen LogP contribution >= 0.6 is 0 Å². The molecule has 0 amide bonds. The number of carbonyl (C=O) groups excluding carboxylic acids is 4. The van der Waals surface area contributed by atoms with E-state index in [9.17, 15) is 19.2 Å². The maximum atomic E-state index is 12.7. The lowest BCUT2D eigenvalue weighted by atomic mass is 9.86. The number of nitrogens with zero attached hydrogens (tertiary/aromatic N) is 2. The minimum atomic E-state index is -0.138. The Morgan fingerprint density at radius 2 is 0.725 bits per heavy atom. The topological polar surface area (TPSA) is 93.2 Å². The molecule has 286 valence electrons. The van der Waals surface area contributed by atoms with E-state index >= 15 is 0 Å². The van der Waals surface area contributed by atoms with Crippen LogP contribution in [0.4, 0.5) is 0 Å². The number of carbonyl (C=O) groups is 4. The fourth-order valence-electron chi connectivity index (χ4n) is 7.92. The molecule has 0 N–H and O–H groups in total. The highest BCUT2D eigenvalue weighted by Crippen LogP contribution is 2.29. The number of methoxy groups -OCH3 is 2. The lowest BCUT2D eigenvalue weighted by Gasteiger charge is -2.21. The lowest BCUT2D eigenvalue weighted by Crippen LogP contribution is -2.32. The minimum absolute atomic E-state index is 0.0242. The highest BCUT2D eigenvalue weighted by molar-refractivity contribution is 6.24. The van der Waals surface area contributed by atoms with E-state index in [0.29, 0.717) is 46.3 Å². The number of unbranched alkanes of at least 4 members (excludes halogenated alkanes) is 14. The van der Waals surface area contributed by atoms with Gasteiger partial charge < -0.3 is 19.3 Å². The zero-order valence-corrected chi connectivity index (χ0v) is 33.0. The van der Waals surface area contributed by atoms with E-state index in [1.54, 1.807) is 27.7 Å². The summed E-state index contributed by atoms with van der Waals surface area (Å²) in [6, 6.07) is 0. The summed E-state index contributed by atoms with van der Waals surface area (Å²) in [7, 11) is 2.91. The Kier molecular flexibility index (Phi) is 19.2. The van der Waals surface area contributed by atoms with Crippen LogP contribution in [0.15, 0.2) is 45.0 Å². The largest absolute Gasteiger partial charge is 0.492 e. The van der Waals surface area contributed by atoms with Crippen LogP contribution in [-0.2, 0) is 28.7 Å². The Bertz CT molecular complexity index is 1240. The molecular formula is C43H68N2O6. The number of hydrogen-bond acceptors (Lipinski definition) is 8. The number of rotatable bonds is 24.